The van der Waals surface area contributed by atoms with E-state index in [0.29, 0.717) is 43.2 Å². The fourth-order valence-corrected chi connectivity index (χ4v) is 5.49. The molecule has 0 fully saturated rings. The van der Waals surface area contributed by atoms with Gasteiger partial charge in [-0.3, -0.25) is 4.79 Å². The summed E-state index contributed by atoms with van der Waals surface area (Å²) in [5, 5.41) is 2.83. The summed E-state index contributed by atoms with van der Waals surface area (Å²) in [5.41, 5.74) is 2.60. The molecular weight excluding hydrogens is 440 g/mol. The van der Waals surface area contributed by atoms with Crippen LogP contribution in [0.5, 0.6) is 11.5 Å². The predicted molar refractivity (Wildman–Crippen MR) is 123 cm³/mol. The van der Waals surface area contributed by atoms with Gasteiger partial charge in [0.25, 0.3) is 5.91 Å². The Bertz CT molecular complexity index is 1270. The van der Waals surface area contributed by atoms with E-state index in [4.69, 9.17) is 9.47 Å². The summed E-state index contributed by atoms with van der Waals surface area (Å²) in [6.07, 6.45) is 0.387. The summed E-state index contributed by atoms with van der Waals surface area (Å²) in [6, 6.07) is 21.3. The highest BCUT2D eigenvalue weighted by Crippen LogP contribution is 2.30. The Hall–Kier alpha value is -3.36. The molecule has 3 aromatic rings. The van der Waals surface area contributed by atoms with Crippen LogP contribution in [0.25, 0.3) is 0 Å². The average molecular weight is 465 g/mol. The molecule has 0 aromatic heterocycles. The first-order valence-corrected chi connectivity index (χ1v) is 12.3. The number of amides is 1. The molecule has 1 N–H and O–H groups in total. The van der Waals surface area contributed by atoms with Gasteiger partial charge in [-0.15, -0.1) is 0 Å². The third-order valence-corrected chi connectivity index (χ3v) is 7.77. The number of nitrogens with zero attached hydrogens (tertiary/aromatic N) is 1. The number of benzene rings is 3. The highest BCUT2D eigenvalue weighted by Gasteiger charge is 2.28. The Labute approximate surface area is 193 Å². The van der Waals surface area contributed by atoms with Crippen molar-refractivity contribution in [2.75, 3.05) is 19.7 Å². The molecule has 0 saturated carbocycles. The maximum Gasteiger partial charge on any atom is 0.251 e. The highest BCUT2D eigenvalue weighted by molar-refractivity contribution is 7.89. The Kier molecular flexibility index (Phi) is 5.78. The number of hydrogen-bond acceptors (Lipinski definition) is 5. The molecule has 33 heavy (non-hydrogen) atoms. The van der Waals surface area contributed by atoms with E-state index in [1.165, 1.54) is 34.1 Å². The molecule has 0 spiro atoms. The fraction of sp³-hybridized carbons (Fsp3) is 0.240. The van der Waals surface area contributed by atoms with E-state index in [9.17, 15) is 13.2 Å². The predicted octanol–water partition coefficient (Wildman–Crippen LogP) is 3.00. The number of rotatable bonds is 5. The van der Waals surface area contributed by atoms with Crippen molar-refractivity contribution < 1.29 is 22.7 Å². The van der Waals surface area contributed by atoms with E-state index in [-0.39, 0.29) is 23.5 Å². The highest BCUT2D eigenvalue weighted by atomic mass is 32.2. The van der Waals surface area contributed by atoms with Crippen molar-refractivity contribution >= 4 is 15.9 Å². The molecule has 2 heterocycles. The first-order valence-electron chi connectivity index (χ1n) is 10.8. The van der Waals surface area contributed by atoms with Crippen molar-refractivity contribution in [2.45, 2.75) is 24.0 Å². The number of carbonyl (C=O) groups is 1. The van der Waals surface area contributed by atoms with Gasteiger partial charge < -0.3 is 14.8 Å². The second kappa shape index (κ2) is 8.88. The van der Waals surface area contributed by atoms with Crippen LogP contribution >= 0.6 is 0 Å². The minimum absolute atomic E-state index is 0.180. The van der Waals surface area contributed by atoms with Crippen molar-refractivity contribution in [1.29, 1.82) is 0 Å². The summed E-state index contributed by atoms with van der Waals surface area (Å²) < 4.78 is 39.2. The molecule has 0 aliphatic carbocycles. The van der Waals surface area contributed by atoms with Crippen molar-refractivity contribution in [3.8, 4) is 11.5 Å². The van der Waals surface area contributed by atoms with E-state index in [2.05, 4.69) is 5.32 Å². The first kappa shape index (κ1) is 21.5. The smallest absolute Gasteiger partial charge is 0.251 e. The lowest BCUT2D eigenvalue weighted by atomic mass is 10.0. The zero-order valence-corrected chi connectivity index (χ0v) is 18.8. The number of fused-ring (bicyclic) bond motifs is 2. The van der Waals surface area contributed by atoms with E-state index in [1.807, 2.05) is 48.5 Å². The number of hydrogen-bond donors (Lipinski definition) is 1. The Morgan fingerprint density at radius 3 is 2.42 bits per heavy atom. The lowest BCUT2D eigenvalue weighted by Crippen LogP contribution is -2.40. The lowest BCUT2D eigenvalue weighted by molar-refractivity contribution is 0.0789. The Balaban J connectivity index is 1.21. The average Bonchev–Trinajstić information content (AvgIpc) is 2.87. The molecule has 2 aliphatic rings. The van der Waals surface area contributed by atoms with E-state index >= 15 is 0 Å². The number of sulfonamides is 1. The van der Waals surface area contributed by atoms with Crippen LogP contribution in [0.15, 0.2) is 77.7 Å². The zero-order chi connectivity index (χ0) is 22.8. The van der Waals surface area contributed by atoms with Crippen LogP contribution in [0.3, 0.4) is 0 Å². The van der Waals surface area contributed by atoms with Crippen LogP contribution in [0.1, 0.15) is 21.5 Å². The van der Waals surface area contributed by atoms with Crippen LogP contribution < -0.4 is 14.8 Å². The normalized spacial score (nSPS) is 17.8. The van der Waals surface area contributed by atoms with Gasteiger partial charge in [-0.2, -0.15) is 4.31 Å². The van der Waals surface area contributed by atoms with E-state index in [1.54, 1.807) is 0 Å². The summed E-state index contributed by atoms with van der Waals surface area (Å²) in [5.74, 6) is 1.04. The molecule has 0 saturated heterocycles. The molecule has 1 amide bonds. The number of nitrogens with one attached hydrogen (secondary N) is 1. The minimum atomic E-state index is -3.64. The standard InChI is InChI=1S/C25H24N2O5S/c28-25(26-15-21-17-31-23-7-3-4-8-24(23)32-21)19-9-11-22(12-10-19)33(29,30)27-14-13-18-5-1-2-6-20(18)16-27/h1-12,21H,13-17H2,(H,26,28)/t21-/m0/s1. The van der Waals surface area contributed by atoms with E-state index < -0.39 is 10.0 Å². The van der Waals surface area contributed by atoms with Gasteiger partial charge in [0.1, 0.15) is 12.7 Å². The maximum atomic E-state index is 13.1. The van der Waals surface area contributed by atoms with Crippen LogP contribution in [0.4, 0.5) is 0 Å². The van der Waals surface area contributed by atoms with Gasteiger partial charge in [0.2, 0.25) is 10.0 Å². The second-order valence-corrected chi connectivity index (χ2v) is 10.0. The Morgan fingerprint density at radius 1 is 0.939 bits per heavy atom. The van der Waals surface area contributed by atoms with Crippen LogP contribution in [0.2, 0.25) is 0 Å². The molecule has 1 atom stereocenters. The summed E-state index contributed by atoms with van der Waals surface area (Å²) in [4.78, 5) is 12.7. The molecule has 0 unspecified atom stereocenters. The molecule has 170 valence electrons. The van der Waals surface area contributed by atoms with Crippen molar-refractivity contribution in [3.05, 3.63) is 89.5 Å². The molecule has 5 rings (SSSR count). The lowest BCUT2D eigenvalue weighted by Gasteiger charge is -2.28. The SMILES string of the molecule is O=C(NC[C@H]1COc2ccccc2O1)c1ccc(S(=O)(=O)N2CCc3ccccc3C2)cc1. The van der Waals surface area contributed by atoms with Crippen molar-refractivity contribution in [1.82, 2.24) is 9.62 Å². The van der Waals surface area contributed by atoms with Crippen LogP contribution in [-0.4, -0.2) is 44.4 Å². The first-order chi connectivity index (χ1) is 16.0. The quantitative estimate of drug-likeness (QED) is 0.628. The summed E-state index contributed by atoms with van der Waals surface area (Å²) in [7, 11) is -3.64. The third-order valence-electron chi connectivity index (χ3n) is 5.91. The summed E-state index contributed by atoms with van der Waals surface area (Å²) >= 11 is 0. The molecule has 0 bridgehead atoms. The minimum Gasteiger partial charge on any atom is -0.486 e. The fourth-order valence-electron chi connectivity index (χ4n) is 4.07. The number of ether oxygens (including phenoxy) is 2. The number of carbonyl (C=O) groups excluding carboxylic acids is 1. The number of para-hydroxylation sites is 2. The van der Waals surface area contributed by atoms with Gasteiger partial charge in [-0.05, 0) is 53.9 Å². The van der Waals surface area contributed by atoms with Crippen molar-refractivity contribution in [3.63, 3.8) is 0 Å². The Morgan fingerprint density at radius 2 is 1.64 bits per heavy atom. The molecule has 7 nitrogen and oxygen atoms in total. The van der Waals surface area contributed by atoms with Gasteiger partial charge >= 0.3 is 0 Å². The van der Waals surface area contributed by atoms with E-state index in [0.717, 1.165) is 5.56 Å². The maximum absolute atomic E-state index is 13.1. The summed E-state index contributed by atoms with van der Waals surface area (Å²) in [6.45, 7) is 1.41. The molecule has 0 radical (unpaired) electrons. The topological polar surface area (TPSA) is 84.9 Å². The molecule has 3 aromatic carbocycles. The molecular formula is C25H24N2O5S. The van der Waals surface area contributed by atoms with Gasteiger partial charge in [0.15, 0.2) is 11.5 Å². The van der Waals surface area contributed by atoms with Gasteiger partial charge in [-0.1, -0.05) is 36.4 Å². The molecule has 8 heteroatoms. The van der Waals surface area contributed by atoms with Gasteiger partial charge in [0.05, 0.1) is 11.4 Å². The molecule has 2 aliphatic heterocycles. The van der Waals surface area contributed by atoms with Gasteiger partial charge in [-0.25, -0.2) is 8.42 Å². The van der Waals surface area contributed by atoms with Crippen molar-refractivity contribution in [2.24, 2.45) is 0 Å². The zero-order valence-electron chi connectivity index (χ0n) is 17.9. The monoisotopic (exact) mass is 464 g/mol. The van der Waals surface area contributed by atoms with Gasteiger partial charge in [0, 0.05) is 18.7 Å². The van der Waals surface area contributed by atoms with Crippen LogP contribution in [-0.2, 0) is 23.0 Å². The largest absolute Gasteiger partial charge is 0.486 e. The second-order valence-electron chi connectivity index (χ2n) is 8.09. The van der Waals surface area contributed by atoms with Crippen LogP contribution in [0, 0.1) is 0 Å². The third kappa shape index (κ3) is 4.44.